The van der Waals surface area contributed by atoms with E-state index in [4.69, 9.17) is 0 Å². The fourth-order valence-electron chi connectivity index (χ4n) is 1.72. The molecule has 13 heavy (non-hydrogen) atoms. The highest BCUT2D eigenvalue weighted by atomic mass is 16.3. The second kappa shape index (κ2) is 3.88. The monoisotopic (exact) mass is 177 g/mol. The molecule has 1 unspecified atom stereocenters. The number of hydrogen-bond acceptors (Lipinski definition) is 2. The summed E-state index contributed by atoms with van der Waals surface area (Å²) < 4.78 is 0. The van der Waals surface area contributed by atoms with Gasteiger partial charge >= 0.3 is 0 Å². The maximum atomic E-state index is 9.78. The predicted molar refractivity (Wildman–Crippen MR) is 51.3 cm³/mol. The van der Waals surface area contributed by atoms with Gasteiger partial charge in [-0.05, 0) is 30.9 Å². The van der Waals surface area contributed by atoms with E-state index in [1.165, 1.54) is 19.3 Å². The van der Waals surface area contributed by atoms with Gasteiger partial charge in [-0.1, -0.05) is 12.5 Å². The summed E-state index contributed by atoms with van der Waals surface area (Å²) in [6.45, 7) is 0. The molecule has 2 heteroatoms. The van der Waals surface area contributed by atoms with Crippen molar-refractivity contribution in [2.45, 2.75) is 31.8 Å². The van der Waals surface area contributed by atoms with Crippen LogP contribution in [-0.4, -0.2) is 16.2 Å². The Bertz CT molecular complexity index is 256. The summed E-state index contributed by atoms with van der Waals surface area (Å²) in [5.41, 5.74) is 1.00. The molecule has 0 saturated heterocycles. The molecule has 1 aliphatic rings. The van der Waals surface area contributed by atoms with Crippen molar-refractivity contribution in [3.05, 3.63) is 30.1 Å². The zero-order chi connectivity index (χ0) is 9.10. The number of nitrogens with zero attached hydrogens (tertiary/aromatic N) is 1. The van der Waals surface area contributed by atoms with Gasteiger partial charge < -0.3 is 5.11 Å². The van der Waals surface area contributed by atoms with Gasteiger partial charge in [0.25, 0.3) is 0 Å². The number of rotatable bonds is 3. The van der Waals surface area contributed by atoms with Crippen LogP contribution in [0.15, 0.2) is 24.4 Å². The van der Waals surface area contributed by atoms with Crippen LogP contribution in [0.1, 0.15) is 25.0 Å². The van der Waals surface area contributed by atoms with E-state index >= 15 is 0 Å². The Morgan fingerprint density at radius 3 is 2.85 bits per heavy atom. The van der Waals surface area contributed by atoms with E-state index in [9.17, 15) is 5.11 Å². The van der Waals surface area contributed by atoms with E-state index in [0.717, 1.165) is 5.69 Å². The lowest BCUT2D eigenvalue weighted by Crippen LogP contribution is -2.28. The summed E-state index contributed by atoms with van der Waals surface area (Å²) in [6.07, 6.45) is 5.98. The average molecular weight is 177 g/mol. The molecular formula is C11H15NO. The van der Waals surface area contributed by atoms with Gasteiger partial charge in [0.2, 0.25) is 0 Å². The number of pyridine rings is 1. The molecule has 1 atom stereocenters. The van der Waals surface area contributed by atoms with Crippen LogP contribution in [0.3, 0.4) is 0 Å². The average Bonchev–Trinajstić information content (AvgIpc) is 2.02. The van der Waals surface area contributed by atoms with E-state index in [2.05, 4.69) is 4.98 Å². The van der Waals surface area contributed by atoms with Crippen molar-refractivity contribution in [3.8, 4) is 0 Å². The third-order valence-corrected chi connectivity index (χ3v) is 2.84. The molecule has 1 saturated carbocycles. The second-order valence-corrected chi connectivity index (χ2v) is 3.78. The highest BCUT2D eigenvalue weighted by Crippen LogP contribution is 2.30. The Kier molecular flexibility index (Phi) is 2.60. The Morgan fingerprint density at radius 2 is 2.31 bits per heavy atom. The minimum atomic E-state index is -0.177. The number of aliphatic hydroxyl groups is 1. The van der Waals surface area contributed by atoms with Crippen LogP contribution in [0.5, 0.6) is 0 Å². The molecule has 0 aliphatic heterocycles. The van der Waals surface area contributed by atoms with Crippen LogP contribution in [-0.2, 0) is 6.42 Å². The molecule has 2 rings (SSSR count). The van der Waals surface area contributed by atoms with E-state index < -0.39 is 0 Å². The highest BCUT2D eigenvalue weighted by Gasteiger charge is 2.25. The lowest BCUT2D eigenvalue weighted by atomic mass is 9.80. The van der Waals surface area contributed by atoms with E-state index in [1.807, 2.05) is 18.2 Å². The summed E-state index contributed by atoms with van der Waals surface area (Å²) in [4.78, 5) is 4.20. The molecule has 0 amide bonds. The fraction of sp³-hybridized carbons (Fsp3) is 0.545. The molecular weight excluding hydrogens is 162 g/mol. The normalized spacial score (nSPS) is 19.5. The van der Waals surface area contributed by atoms with E-state index in [-0.39, 0.29) is 6.10 Å². The number of aliphatic hydroxyl groups excluding tert-OH is 1. The van der Waals surface area contributed by atoms with Crippen LogP contribution in [0.4, 0.5) is 0 Å². The van der Waals surface area contributed by atoms with Crippen LogP contribution in [0, 0.1) is 5.92 Å². The first-order chi connectivity index (χ1) is 6.36. The maximum absolute atomic E-state index is 9.78. The molecule has 1 aliphatic carbocycles. The van der Waals surface area contributed by atoms with Gasteiger partial charge in [0.1, 0.15) is 0 Å². The SMILES string of the molecule is OC(Cc1ccccn1)C1CCC1. The summed E-state index contributed by atoms with van der Waals surface area (Å²) >= 11 is 0. The standard InChI is InChI=1S/C11H15NO/c13-11(9-4-3-5-9)8-10-6-1-2-7-12-10/h1-2,6-7,9,11,13H,3-5,8H2. The van der Waals surface area contributed by atoms with Crippen molar-refractivity contribution < 1.29 is 5.11 Å². The van der Waals surface area contributed by atoms with Gasteiger partial charge in [-0.25, -0.2) is 0 Å². The summed E-state index contributed by atoms with van der Waals surface area (Å²) in [7, 11) is 0. The molecule has 1 aromatic heterocycles. The Morgan fingerprint density at radius 1 is 1.46 bits per heavy atom. The van der Waals surface area contributed by atoms with Gasteiger partial charge in [-0.2, -0.15) is 0 Å². The zero-order valence-corrected chi connectivity index (χ0v) is 7.69. The topological polar surface area (TPSA) is 33.1 Å². The molecule has 0 bridgehead atoms. The largest absolute Gasteiger partial charge is 0.392 e. The summed E-state index contributed by atoms with van der Waals surface area (Å²) in [6, 6.07) is 5.84. The molecule has 1 fully saturated rings. The minimum Gasteiger partial charge on any atom is -0.392 e. The minimum absolute atomic E-state index is 0.177. The molecule has 2 nitrogen and oxygen atoms in total. The molecule has 0 radical (unpaired) electrons. The first-order valence-corrected chi connectivity index (χ1v) is 4.94. The Labute approximate surface area is 78.6 Å². The highest BCUT2D eigenvalue weighted by molar-refractivity contribution is 5.05. The molecule has 0 aromatic carbocycles. The predicted octanol–water partition coefficient (Wildman–Crippen LogP) is 1.79. The second-order valence-electron chi connectivity index (χ2n) is 3.78. The molecule has 1 heterocycles. The van der Waals surface area contributed by atoms with Gasteiger partial charge in [0.05, 0.1) is 6.10 Å². The van der Waals surface area contributed by atoms with E-state index in [1.54, 1.807) is 6.20 Å². The van der Waals surface area contributed by atoms with Crippen LogP contribution >= 0.6 is 0 Å². The van der Waals surface area contributed by atoms with Gasteiger partial charge in [-0.15, -0.1) is 0 Å². The van der Waals surface area contributed by atoms with Gasteiger partial charge in [-0.3, -0.25) is 4.98 Å². The maximum Gasteiger partial charge on any atom is 0.0623 e. The summed E-state index contributed by atoms with van der Waals surface area (Å²) in [5, 5.41) is 9.78. The van der Waals surface area contributed by atoms with Crippen molar-refractivity contribution in [1.29, 1.82) is 0 Å². The van der Waals surface area contributed by atoms with Crippen molar-refractivity contribution in [2.75, 3.05) is 0 Å². The van der Waals surface area contributed by atoms with Crippen molar-refractivity contribution >= 4 is 0 Å². The van der Waals surface area contributed by atoms with Gasteiger partial charge in [0, 0.05) is 18.3 Å². The van der Waals surface area contributed by atoms with Crippen molar-refractivity contribution in [2.24, 2.45) is 5.92 Å². The smallest absolute Gasteiger partial charge is 0.0623 e. The zero-order valence-electron chi connectivity index (χ0n) is 7.69. The Hall–Kier alpha value is -0.890. The fourth-order valence-corrected chi connectivity index (χ4v) is 1.72. The van der Waals surface area contributed by atoms with Crippen molar-refractivity contribution in [1.82, 2.24) is 4.98 Å². The summed E-state index contributed by atoms with van der Waals surface area (Å²) in [5.74, 6) is 0.530. The van der Waals surface area contributed by atoms with E-state index in [0.29, 0.717) is 12.3 Å². The van der Waals surface area contributed by atoms with Crippen LogP contribution < -0.4 is 0 Å². The molecule has 1 N–H and O–H groups in total. The molecule has 0 spiro atoms. The first kappa shape index (κ1) is 8.70. The molecule has 70 valence electrons. The number of hydrogen-bond donors (Lipinski definition) is 1. The molecule has 1 aromatic rings. The first-order valence-electron chi connectivity index (χ1n) is 4.94. The lowest BCUT2D eigenvalue weighted by Gasteiger charge is -2.30. The quantitative estimate of drug-likeness (QED) is 0.763. The third-order valence-electron chi connectivity index (χ3n) is 2.84. The van der Waals surface area contributed by atoms with Crippen LogP contribution in [0.25, 0.3) is 0 Å². The van der Waals surface area contributed by atoms with Gasteiger partial charge in [0.15, 0.2) is 0 Å². The third kappa shape index (κ3) is 2.07. The number of aromatic nitrogens is 1. The lowest BCUT2D eigenvalue weighted by molar-refractivity contribution is 0.0622. The van der Waals surface area contributed by atoms with Crippen molar-refractivity contribution in [3.63, 3.8) is 0 Å². The van der Waals surface area contributed by atoms with Crippen LogP contribution in [0.2, 0.25) is 0 Å². The Balaban J connectivity index is 1.90.